The zero-order valence-corrected chi connectivity index (χ0v) is 15.7. The van der Waals surface area contributed by atoms with E-state index in [0.29, 0.717) is 11.6 Å². The molecule has 0 radical (unpaired) electrons. The quantitative estimate of drug-likeness (QED) is 0.680. The first-order chi connectivity index (χ1) is 12.4. The summed E-state index contributed by atoms with van der Waals surface area (Å²) >= 11 is 1.52. The van der Waals surface area contributed by atoms with E-state index in [1.54, 1.807) is 18.5 Å². The van der Waals surface area contributed by atoms with E-state index in [0.717, 1.165) is 27.7 Å². The van der Waals surface area contributed by atoms with Gasteiger partial charge in [-0.1, -0.05) is 37.8 Å². The molecular weight excluding hydrogens is 344 g/mol. The monoisotopic (exact) mass is 366 g/mol. The molecule has 3 rings (SSSR count). The molecule has 0 aliphatic rings. The number of rotatable bonds is 6. The summed E-state index contributed by atoms with van der Waals surface area (Å²) in [4.78, 5) is 8.80. The van der Waals surface area contributed by atoms with Crippen molar-refractivity contribution in [3.05, 3.63) is 66.8 Å². The highest BCUT2D eigenvalue weighted by Gasteiger charge is 2.14. The van der Waals surface area contributed by atoms with E-state index in [2.05, 4.69) is 47.7 Å². The van der Waals surface area contributed by atoms with Gasteiger partial charge in [0.25, 0.3) is 0 Å². The minimum absolute atomic E-state index is 0.157. The maximum atomic E-state index is 9.39. The number of aromatic nitrogens is 3. The Morgan fingerprint density at radius 1 is 1.23 bits per heavy atom. The van der Waals surface area contributed by atoms with Crippen LogP contribution in [-0.4, -0.2) is 19.6 Å². The number of aromatic hydroxyl groups is 1. The molecule has 1 atom stereocenters. The van der Waals surface area contributed by atoms with Gasteiger partial charge in [-0.25, -0.2) is 9.97 Å². The highest BCUT2D eigenvalue weighted by molar-refractivity contribution is 7.99. The Labute approximate surface area is 157 Å². The lowest BCUT2D eigenvalue weighted by atomic mass is 9.95. The predicted molar refractivity (Wildman–Crippen MR) is 105 cm³/mol. The van der Waals surface area contributed by atoms with Crippen molar-refractivity contribution >= 4 is 11.8 Å². The standard InChI is InChI=1S/C20H22N4OS/c1-13(10-14(2)21)15-4-6-16(7-5-15)19-20(24(3)12-23-19)26-18-9-8-17(25)11-22-18/h4-9,11-13,25H,2,10,21H2,1,3H3. The van der Waals surface area contributed by atoms with Crippen LogP contribution in [0.15, 0.2) is 71.3 Å². The lowest BCUT2D eigenvalue weighted by Gasteiger charge is -2.12. The fourth-order valence-corrected chi connectivity index (χ4v) is 3.65. The summed E-state index contributed by atoms with van der Waals surface area (Å²) in [5, 5.41) is 11.2. The number of nitrogens with two attached hydrogens (primary N) is 1. The normalized spacial score (nSPS) is 12.1. The fourth-order valence-electron chi connectivity index (χ4n) is 2.75. The number of aryl methyl sites for hydroxylation is 1. The summed E-state index contributed by atoms with van der Waals surface area (Å²) in [5.74, 6) is 0.491. The SMILES string of the molecule is C=C(N)CC(C)c1ccc(-c2ncn(C)c2Sc2ccc(O)cn2)cc1. The molecule has 0 aliphatic carbocycles. The van der Waals surface area contributed by atoms with Gasteiger partial charge in [-0.2, -0.15) is 0 Å². The van der Waals surface area contributed by atoms with Crippen molar-refractivity contribution in [2.24, 2.45) is 12.8 Å². The maximum absolute atomic E-state index is 9.39. The Morgan fingerprint density at radius 3 is 2.58 bits per heavy atom. The van der Waals surface area contributed by atoms with Crippen LogP contribution in [0.5, 0.6) is 5.75 Å². The second-order valence-corrected chi connectivity index (χ2v) is 7.36. The number of benzene rings is 1. The van der Waals surface area contributed by atoms with E-state index in [4.69, 9.17) is 5.73 Å². The molecule has 3 aromatic rings. The summed E-state index contributed by atoms with van der Waals surface area (Å²) in [5.41, 5.74) is 9.62. The lowest BCUT2D eigenvalue weighted by molar-refractivity contribution is 0.471. The second-order valence-electron chi connectivity index (χ2n) is 6.35. The second kappa shape index (κ2) is 7.66. The van der Waals surface area contributed by atoms with Crippen molar-refractivity contribution in [2.45, 2.75) is 29.3 Å². The van der Waals surface area contributed by atoms with Crippen molar-refractivity contribution in [2.75, 3.05) is 0 Å². The molecule has 0 saturated heterocycles. The molecule has 0 bridgehead atoms. The van der Waals surface area contributed by atoms with E-state index in [-0.39, 0.29) is 5.75 Å². The van der Waals surface area contributed by atoms with Crippen LogP contribution in [0, 0.1) is 0 Å². The molecule has 2 heterocycles. The van der Waals surface area contributed by atoms with Gasteiger partial charge in [0.1, 0.15) is 21.5 Å². The highest BCUT2D eigenvalue weighted by Crippen LogP contribution is 2.35. The molecule has 0 amide bonds. The van der Waals surface area contributed by atoms with E-state index in [1.165, 1.54) is 23.5 Å². The van der Waals surface area contributed by atoms with Crippen LogP contribution >= 0.6 is 11.8 Å². The third-order valence-electron chi connectivity index (χ3n) is 4.13. The molecule has 1 unspecified atom stereocenters. The van der Waals surface area contributed by atoms with Gasteiger partial charge in [-0.3, -0.25) is 0 Å². The molecule has 0 saturated carbocycles. The van der Waals surface area contributed by atoms with Crippen LogP contribution in [0.1, 0.15) is 24.8 Å². The van der Waals surface area contributed by atoms with Gasteiger partial charge >= 0.3 is 0 Å². The largest absolute Gasteiger partial charge is 0.506 e. The van der Waals surface area contributed by atoms with E-state index in [1.807, 2.05) is 11.6 Å². The molecule has 2 aromatic heterocycles. The number of hydrogen-bond acceptors (Lipinski definition) is 5. The van der Waals surface area contributed by atoms with Gasteiger partial charge < -0.3 is 15.4 Å². The molecule has 0 fully saturated rings. The first-order valence-corrected chi connectivity index (χ1v) is 9.13. The molecule has 3 N–H and O–H groups in total. The zero-order valence-electron chi connectivity index (χ0n) is 14.9. The minimum Gasteiger partial charge on any atom is -0.506 e. The third kappa shape index (κ3) is 4.08. The summed E-state index contributed by atoms with van der Waals surface area (Å²) in [6, 6.07) is 11.8. The van der Waals surface area contributed by atoms with Crippen molar-refractivity contribution in [1.29, 1.82) is 0 Å². The molecular formula is C20H22N4OS. The van der Waals surface area contributed by atoms with Gasteiger partial charge in [0.2, 0.25) is 0 Å². The Bertz CT molecular complexity index is 901. The van der Waals surface area contributed by atoms with Gasteiger partial charge in [-0.05, 0) is 41.8 Å². The highest BCUT2D eigenvalue weighted by atomic mass is 32.2. The number of nitrogens with zero attached hydrogens (tertiary/aromatic N) is 3. The summed E-state index contributed by atoms with van der Waals surface area (Å²) < 4.78 is 1.98. The van der Waals surface area contributed by atoms with Crippen molar-refractivity contribution in [3.8, 4) is 17.0 Å². The minimum atomic E-state index is 0.157. The van der Waals surface area contributed by atoms with Crippen molar-refractivity contribution in [1.82, 2.24) is 14.5 Å². The predicted octanol–water partition coefficient (Wildman–Crippen LogP) is 4.30. The van der Waals surface area contributed by atoms with Gasteiger partial charge in [0, 0.05) is 18.3 Å². The number of imidazole rings is 1. The average molecular weight is 366 g/mol. The van der Waals surface area contributed by atoms with E-state index >= 15 is 0 Å². The molecule has 0 spiro atoms. The van der Waals surface area contributed by atoms with E-state index < -0.39 is 0 Å². The molecule has 26 heavy (non-hydrogen) atoms. The average Bonchev–Trinajstić information content (AvgIpc) is 2.97. The Morgan fingerprint density at radius 2 is 1.96 bits per heavy atom. The third-order valence-corrected chi connectivity index (χ3v) is 5.25. The van der Waals surface area contributed by atoms with Crippen molar-refractivity contribution in [3.63, 3.8) is 0 Å². The first kappa shape index (κ1) is 18.1. The van der Waals surface area contributed by atoms with Crippen LogP contribution in [-0.2, 0) is 7.05 Å². The zero-order chi connectivity index (χ0) is 18.7. The Balaban J connectivity index is 1.85. The van der Waals surface area contributed by atoms with Crippen LogP contribution in [0.4, 0.5) is 0 Å². The van der Waals surface area contributed by atoms with Crippen LogP contribution < -0.4 is 5.73 Å². The molecule has 1 aromatic carbocycles. The Hall–Kier alpha value is -2.73. The molecule has 5 nitrogen and oxygen atoms in total. The van der Waals surface area contributed by atoms with Crippen LogP contribution in [0.3, 0.4) is 0 Å². The van der Waals surface area contributed by atoms with Gasteiger partial charge in [-0.15, -0.1) is 0 Å². The van der Waals surface area contributed by atoms with Crippen molar-refractivity contribution < 1.29 is 5.11 Å². The summed E-state index contributed by atoms with van der Waals surface area (Å²) in [6.07, 6.45) is 4.02. The van der Waals surface area contributed by atoms with E-state index in [9.17, 15) is 5.11 Å². The van der Waals surface area contributed by atoms with Gasteiger partial charge in [0.15, 0.2) is 0 Å². The number of pyridine rings is 1. The van der Waals surface area contributed by atoms with Crippen LogP contribution in [0.25, 0.3) is 11.3 Å². The number of allylic oxidation sites excluding steroid dienone is 1. The number of hydrogen-bond donors (Lipinski definition) is 2. The topological polar surface area (TPSA) is 77.0 Å². The maximum Gasteiger partial charge on any atom is 0.133 e. The fraction of sp³-hybridized carbons (Fsp3) is 0.200. The summed E-state index contributed by atoms with van der Waals surface area (Å²) in [6.45, 7) is 5.93. The molecule has 0 aliphatic heterocycles. The molecule has 134 valence electrons. The molecule has 6 heteroatoms. The first-order valence-electron chi connectivity index (χ1n) is 8.32. The van der Waals surface area contributed by atoms with Crippen LogP contribution in [0.2, 0.25) is 0 Å². The lowest BCUT2D eigenvalue weighted by Crippen LogP contribution is -2.01. The van der Waals surface area contributed by atoms with Gasteiger partial charge in [0.05, 0.1) is 12.5 Å². The summed E-state index contributed by atoms with van der Waals surface area (Å²) in [7, 11) is 1.96. The smallest absolute Gasteiger partial charge is 0.133 e. The Kier molecular flexibility index (Phi) is 5.32.